The van der Waals surface area contributed by atoms with Gasteiger partial charge in [0.1, 0.15) is 0 Å². The Balaban J connectivity index is 1.87. The first kappa shape index (κ1) is 17.8. The number of thioether (sulfide) groups is 1. The second-order valence-electron chi connectivity index (χ2n) is 5.83. The Morgan fingerprint density at radius 2 is 2.17 bits per heavy atom. The number of carbonyl (C=O) groups is 2. The van der Waals surface area contributed by atoms with Gasteiger partial charge in [-0.3, -0.25) is 9.59 Å². The number of aliphatic hydroxyl groups is 1. The number of rotatable bonds is 8. The van der Waals surface area contributed by atoms with Crippen molar-refractivity contribution in [2.75, 3.05) is 25.2 Å². The molecule has 2 amide bonds. The van der Waals surface area contributed by atoms with Gasteiger partial charge < -0.3 is 15.3 Å². The van der Waals surface area contributed by atoms with Crippen LogP contribution in [0.25, 0.3) is 0 Å². The standard InChI is InChI=1S/C17H24N2O3S/c1-23-8-7-15(12-20)18-17(22)14-9-16(21)19(11-14)10-13-5-3-2-4-6-13/h2-6,14-15,20H,7-12H2,1H3,(H,18,22)/t14-,15+/m1/s1. The molecule has 2 atom stereocenters. The van der Waals surface area contributed by atoms with Gasteiger partial charge in [0.2, 0.25) is 11.8 Å². The smallest absolute Gasteiger partial charge is 0.225 e. The highest BCUT2D eigenvalue weighted by Crippen LogP contribution is 2.20. The lowest BCUT2D eigenvalue weighted by atomic mass is 10.1. The van der Waals surface area contributed by atoms with Gasteiger partial charge in [0.05, 0.1) is 18.6 Å². The molecule has 23 heavy (non-hydrogen) atoms. The molecule has 1 heterocycles. The van der Waals surface area contributed by atoms with Crippen molar-refractivity contribution in [3.8, 4) is 0 Å². The lowest BCUT2D eigenvalue weighted by Crippen LogP contribution is -2.42. The molecular weight excluding hydrogens is 312 g/mol. The molecule has 1 saturated heterocycles. The van der Waals surface area contributed by atoms with Crippen molar-refractivity contribution in [2.45, 2.75) is 25.4 Å². The van der Waals surface area contributed by atoms with Crippen LogP contribution in [0, 0.1) is 5.92 Å². The van der Waals surface area contributed by atoms with Gasteiger partial charge in [-0.05, 0) is 24.0 Å². The normalized spacial score (nSPS) is 19.0. The predicted molar refractivity (Wildman–Crippen MR) is 92.0 cm³/mol. The van der Waals surface area contributed by atoms with Gasteiger partial charge in [0.15, 0.2) is 0 Å². The average Bonchev–Trinajstić information content (AvgIpc) is 2.93. The maximum absolute atomic E-state index is 12.3. The number of benzene rings is 1. The summed E-state index contributed by atoms with van der Waals surface area (Å²) in [4.78, 5) is 26.2. The van der Waals surface area contributed by atoms with E-state index >= 15 is 0 Å². The summed E-state index contributed by atoms with van der Waals surface area (Å²) < 4.78 is 0. The summed E-state index contributed by atoms with van der Waals surface area (Å²) in [5, 5.41) is 12.2. The fourth-order valence-corrected chi connectivity index (χ4v) is 3.21. The summed E-state index contributed by atoms with van der Waals surface area (Å²) in [5.41, 5.74) is 1.06. The van der Waals surface area contributed by atoms with E-state index in [-0.39, 0.29) is 36.8 Å². The minimum Gasteiger partial charge on any atom is -0.394 e. The van der Waals surface area contributed by atoms with Gasteiger partial charge >= 0.3 is 0 Å². The van der Waals surface area contributed by atoms with Crippen LogP contribution in [0.1, 0.15) is 18.4 Å². The zero-order valence-electron chi connectivity index (χ0n) is 13.4. The molecule has 1 fully saturated rings. The van der Waals surface area contributed by atoms with Crippen molar-refractivity contribution in [1.29, 1.82) is 0 Å². The predicted octanol–water partition coefficient (Wildman–Crippen LogP) is 1.27. The molecule has 0 spiro atoms. The molecule has 126 valence electrons. The zero-order valence-corrected chi connectivity index (χ0v) is 14.2. The van der Waals surface area contributed by atoms with Crippen LogP contribution in [0.4, 0.5) is 0 Å². The molecule has 0 saturated carbocycles. The maximum atomic E-state index is 12.3. The molecule has 2 N–H and O–H groups in total. The lowest BCUT2D eigenvalue weighted by Gasteiger charge is -2.19. The Morgan fingerprint density at radius 3 is 2.83 bits per heavy atom. The van der Waals surface area contributed by atoms with Gasteiger partial charge in [0, 0.05) is 19.5 Å². The summed E-state index contributed by atoms with van der Waals surface area (Å²) in [6.07, 6.45) is 2.98. The molecule has 1 aliphatic heterocycles. The number of nitrogens with zero attached hydrogens (tertiary/aromatic N) is 1. The van der Waals surface area contributed by atoms with Gasteiger partial charge in [-0.25, -0.2) is 0 Å². The van der Waals surface area contributed by atoms with E-state index < -0.39 is 0 Å². The topological polar surface area (TPSA) is 69.6 Å². The van der Waals surface area contributed by atoms with Crippen LogP contribution in [0.15, 0.2) is 30.3 Å². The highest BCUT2D eigenvalue weighted by molar-refractivity contribution is 7.98. The maximum Gasteiger partial charge on any atom is 0.225 e. The van der Waals surface area contributed by atoms with Crippen molar-refractivity contribution in [3.05, 3.63) is 35.9 Å². The third-order valence-electron chi connectivity index (χ3n) is 4.04. The highest BCUT2D eigenvalue weighted by atomic mass is 32.2. The van der Waals surface area contributed by atoms with Crippen LogP contribution in [0.5, 0.6) is 0 Å². The molecule has 1 aromatic rings. The first-order valence-electron chi connectivity index (χ1n) is 7.86. The third kappa shape index (κ3) is 5.25. The van der Waals surface area contributed by atoms with E-state index in [1.807, 2.05) is 36.6 Å². The van der Waals surface area contributed by atoms with Crippen LogP contribution in [-0.4, -0.2) is 53.0 Å². The largest absolute Gasteiger partial charge is 0.394 e. The fourth-order valence-electron chi connectivity index (χ4n) is 2.69. The fraction of sp³-hybridized carbons (Fsp3) is 0.529. The molecule has 1 aromatic carbocycles. The zero-order chi connectivity index (χ0) is 16.7. The van der Waals surface area contributed by atoms with Crippen LogP contribution in [0.3, 0.4) is 0 Å². The number of nitrogens with one attached hydrogen (secondary N) is 1. The van der Waals surface area contributed by atoms with E-state index in [2.05, 4.69) is 5.32 Å². The summed E-state index contributed by atoms with van der Waals surface area (Å²) in [6, 6.07) is 9.55. The average molecular weight is 336 g/mol. The molecule has 0 bridgehead atoms. The Morgan fingerprint density at radius 1 is 1.43 bits per heavy atom. The van der Waals surface area contributed by atoms with E-state index in [9.17, 15) is 14.7 Å². The minimum absolute atomic E-state index is 0.0127. The Kier molecular flexibility index (Phi) is 6.92. The van der Waals surface area contributed by atoms with Crippen molar-refractivity contribution in [1.82, 2.24) is 10.2 Å². The molecule has 5 nitrogen and oxygen atoms in total. The summed E-state index contributed by atoms with van der Waals surface area (Å²) in [7, 11) is 0. The van der Waals surface area contributed by atoms with Crippen LogP contribution >= 0.6 is 11.8 Å². The number of hydrogen-bond acceptors (Lipinski definition) is 4. The Labute approximate surface area is 141 Å². The van der Waals surface area contributed by atoms with Crippen LogP contribution in [-0.2, 0) is 16.1 Å². The van der Waals surface area contributed by atoms with E-state index in [1.165, 1.54) is 0 Å². The molecular formula is C17H24N2O3S. The van der Waals surface area contributed by atoms with E-state index in [0.29, 0.717) is 13.1 Å². The SMILES string of the molecule is CSCC[C@@H](CO)NC(=O)[C@@H]1CC(=O)N(Cc2ccccc2)C1. The van der Waals surface area contributed by atoms with Gasteiger partial charge in [-0.2, -0.15) is 11.8 Å². The monoisotopic (exact) mass is 336 g/mol. The number of carbonyl (C=O) groups excluding carboxylic acids is 2. The van der Waals surface area contributed by atoms with Crippen LogP contribution < -0.4 is 5.32 Å². The summed E-state index contributed by atoms with van der Waals surface area (Å²) in [5.74, 6) is 0.442. The van der Waals surface area contributed by atoms with Crippen molar-refractivity contribution >= 4 is 23.6 Å². The van der Waals surface area contributed by atoms with E-state index in [0.717, 1.165) is 17.7 Å². The van der Waals surface area contributed by atoms with Gasteiger partial charge in [0.25, 0.3) is 0 Å². The number of likely N-dealkylation sites (tertiary alicyclic amines) is 1. The van der Waals surface area contributed by atoms with Gasteiger partial charge in [-0.15, -0.1) is 0 Å². The quantitative estimate of drug-likeness (QED) is 0.750. The van der Waals surface area contributed by atoms with E-state index in [4.69, 9.17) is 0 Å². The Hall–Kier alpha value is -1.53. The van der Waals surface area contributed by atoms with Crippen molar-refractivity contribution in [2.24, 2.45) is 5.92 Å². The molecule has 0 radical (unpaired) electrons. The number of amides is 2. The van der Waals surface area contributed by atoms with Crippen molar-refractivity contribution in [3.63, 3.8) is 0 Å². The second-order valence-corrected chi connectivity index (χ2v) is 6.82. The molecule has 2 rings (SSSR count). The molecule has 0 aliphatic carbocycles. The first-order valence-corrected chi connectivity index (χ1v) is 9.25. The molecule has 0 unspecified atom stereocenters. The lowest BCUT2D eigenvalue weighted by molar-refractivity contribution is -0.129. The molecule has 0 aromatic heterocycles. The third-order valence-corrected chi connectivity index (χ3v) is 4.68. The second kappa shape index (κ2) is 8.93. The summed E-state index contributed by atoms with van der Waals surface area (Å²) in [6.45, 7) is 0.917. The summed E-state index contributed by atoms with van der Waals surface area (Å²) >= 11 is 1.68. The molecule has 1 aliphatic rings. The van der Waals surface area contributed by atoms with Crippen molar-refractivity contribution < 1.29 is 14.7 Å². The minimum atomic E-state index is -0.324. The number of hydrogen-bond donors (Lipinski definition) is 2. The Bertz CT molecular complexity index is 524. The van der Waals surface area contributed by atoms with E-state index in [1.54, 1.807) is 16.7 Å². The molecule has 6 heteroatoms. The number of aliphatic hydroxyl groups excluding tert-OH is 1. The van der Waals surface area contributed by atoms with Gasteiger partial charge in [-0.1, -0.05) is 30.3 Å². The highest BCUT2D eigenvalue weighted by Gasteiger charge is 2.34. The van der Waals surface area contributed by atoms with Crippen LogP contribution in [0.2, 0.25) is 0 Å². The first-order chi connectivity index (χ1) is 11.1.